The van der Waals surface area contributed by atoms with Gasteiger partial charge in [-0.2, -0.15) is 5.26 Å². The van der Waals surface area contributed by atoms with E-state index in [1.165, 1.54) is 21.1 Å². The third-order valence-electron chi connectivity index (χ3n) is 3.81. The zero-order chi connectivity index (χ0) is 23.9. The second kappa shape index (κ2) is 14.1. The van der Waals surface area contributed by atoms with Gasteiger partial charge in [-0.25, -0.2) is 9.79 Å². The van der Waals surface area contributed by atoms with E-state index in [0.717, 1.165) is 12.0 Å². The van der Waals surface area contributed by atoms with Gasteiger partial charge in [0.05, 0.1) is 25.1 Å². The van der Waals surface area contributed by atoms with Crippen molar-refractivity contribution >= 4 is 35.3 Å². The van der Waals surface area contributed by atoms with Gasteiger partial charge >= 0.3 is 6.09 Å². The topological polar surface area (TPSA) is 161 Å². The molecule has 0 fully saturated rings. The van der Waals surface area contributed by atoms with Crippen molar-refractivity contribution in [2.45, 2.75) is 27.2 Å². The van der Waals surface area contributed by atoms with Gasteiger partial charge in [0, 0.05) is 33.1 Å². The first-order valence-electron chi connectivity index (χ1n) is 9.92. The number of hydrogen-bond acceptors (Lipinski definition) is 7. The Bertz CT molecular complexity index is 892. The van der Waals surface area contributed by atoms with E-state index < -0.39 is 6.09 Å². The molecular formula is C20H30N8O4. The lowest BCUT2D eigenvalue weighted by atomic mass is 10.1. The molecule has 0 bridgehead atoms. The zero-order valence-corrected chi connectivity index (χ0v) is 19.0. The molecule has 174 valence electrons. The average Bonchev–Trinajstić information content (AvgIpc) is 2.75. The summed E-state index contributed by atoms with van der Waals surface area (Å²) in [5.74, 6) is 0.751. The summed E-state index contributed by atoms with van der Waals surface area (Å²) in [6.45, 7) is 6.46. The quantitative estimate of drug-likeness (QED) is 0.131. The highest BCUT2D eigenvalue weighted by Crippen LogP contribution is 2.33. The monoisotopic (exact) mass is 446 g/mol. The summed E-state index contributed by atoms with van der Waals surface area (Å²) < 4.78 is 10.4. The van der Waals surface area contributed by atoms with Crippen molar-refractivity contribution in [3.63, 3.8) is 0 Å². The van der Waals surface area contributed by atoms with Crippen molar-refractivity contribution in [3.8, 4) is 11.9 Å². The van der Waals surface area contributed by atoms with E-state index in [9.17, 15) is 9.59 Å². The number of nitrogens with zero attached hydrogens (tertiary/aromatic N) is 3. The standard InChI is InChI=1S/C20H30N8O4/c1-6-9-32-17-11-16(15(10-13(17)2)26-14(3)29)27-19(28-20(30)31-5)24-8-7-23-18(22-4)25-12-21/h10-11H,6-9H2,1-5H3,(H,26,29)(H2,22,23,25)(H2,24,27,28,30). The van der Waals surface area contributed by atoms with E-state index in [0.29, 0.717) is 42.8 Å². The summed E-state index contributed by atoms with van der Waals surface area (Å²) in [7, 11) is 2.77. The number of carbonyl (C=O) groups is 2. The Hall–Kier alpha value is -4.01. The minimum Gasteiger partial charge on any atom is -0.493 e. The third-order valence-corrected chi connectivity index (χ3v) is 3.81. The predicted octanol–water partition coefficient (Wildman–Crippen LogP) is 1.32. The Morgan fingerprint density at radius 2 is 1.88 bits per heavy atom. The van der Waals surface area contributed by atoms with Gasteiger partial charge in [-0.15, -0.1) is 0 Å². The normalized spacial score (nSPS) is 11.1. The Morgan fingerprint density at radius 3 is 2.44 bits per heavy atom. The molecule has 0 saturated carbocycles. The van der Waals surface area contributed by atoms with E-state index in [2.05, 4.69) is 41.3 Å². The van der Waals surface area contributed by atoms with E-state index in [-0.39, 0.29) is 11.9 Å². The summed E-state index contributed by atoms with van der Waals surface area (Å²) in [5, 5.41) is 22.2. The molecule has 1 aromatic carbocycles. The van der Waals surface area contributed by atoms with Crippen LogP contribution < -0.4 is 31.3 Å². The molecule has 0 aromatic heterocycles. The molecule has 1 aromatic rings. The van der Waals surface area contributed by atoms with Crippen molar-refractivity contribution in [3.05, 3.63) is 17.7 Å². The van der Waals surface area contributed by atoms with Crippen LogP contribution in [-0.2, 0) is 9.53 Å². The van der Waals surface area contributed by atoms with E-state index in [4.69, 9.17) is 10.00 Å². The fraction of sp³-hybridized carbons (Fsp3) is 0.450. The van der Waals surface area contributed by atoms with Crippen molar-refractivity contribution in [1.82, 2.24) is 21.3 Å². The number of alkyl carbamates (subject to hydrolysis) is 1. The van der Waals surface area contributed by atoms with Crippen LogP contribution in [0, 0.1) is 18.4 Å². The lowest BCUT2D eigenvalue weighted by molar-refractivity contribution is -0.114. The molecule has 12 heteroatoms. The maximum atomic E-state index is 11.8. The average molecular weight is 447 g/mol. The Morgan fingerprint density at radius 1 is 1.19 bits per heavy atom. The number of carbonyl (C=O) groups excluding carboxylic acids is 2. The van der Waals surface area contributed by atoms with Crippen molar-refractivity contribution < 1.29 is 19.1 Å². The molecule has 0 aliphatic carbocycles. The summed E-state index contributed by atoms with van der Waals surface area (Å²) in [6, 6.07) is 3.44. The molecule has 12 nitrogen and oxygen atoms in total. The maximum Gasteiger partial charge on any atom is 0.413 e. The number of amides is 2. The van der Waals surface area contributed by atoms with E-state index in [1.807, 2.05) is 13.8 Å². The smallest absolute Gasteiger partial charge is 0.413 e. The van der Waals surface area contributed by atoms with Gasteiger partial charge in [-0.3, -0.25) is 20.4 Å². The number of rotatable bonds is 8. The summed E-state index contributed by atoms with van der Waals surface area (Å²) in [5.41, 5.74) is 1.67. The molecule has 0 heterocycles. The van der Waals surface area contributed by atoms with Crippen molar-refractivity contribution in [1.29, 1.82) is 5.26 Å². The minimum atomic E-state index is -0.721. The number of benzene rings is 1. The largest absolute Gasteiger partial charge is 0.493 e. The first-order chi connectivity index (χ1) is 15.3. The Kier molecular flexibility index (Phi) is 11.4. The maximum absolute atomic E-state index is 11.8. The molecule has 1 rings (SSSR count). The number of anilines is 1. The highest BCUT2D eigenvalue weighted by molar-refractivity contribution is 5.98. The first-order valence-corrected chi connectivity index (χ1v) is 9.92. The fourth-order valence-corrected chi connectivity index (χ4v) is 2.40. The van der Waals surface area contributed by atoms with Crippen LogP contribution >= 0.6 is 0 Å². The zero-order valence-electron chi connectivity index (χ0n) is 19.0. The molecular weight excluding hydrogens is 416 g/mol. The third kappa shape index (κ3) is 9.21. The van der Waals surface area contributed by atoms with E-state index in [1.54, 1.807) is 18.3 Å². The van der Waals surface area contributed by atoms with Gasteiger partial charge < -0.3 is 25.4 Å². The van der Waals surface area contributed by atoms with Gasteiger partial charge in [0.15, 0.2) is 6.19 Å². The molecule has 0 radical (unpaired) electrons. The molecule has 0 unspecified atom stereocenters. The number of aliphatic imine (C=N–C) groups is 2. The van der Waals surface area contributed by atoms with Crippen LogP contribution in [-0.4, -0.2) is 57.8 Å². The number of guanidine groups is 2. The molecule has 0 spiro atoms. The molecule has 2 amide bonds. The van der Waals surface area contributed by atoms with Crippen LogP contribution in [0.2, 0.25) is 0 Å². The second-order valence-electron chi connectivity index (χ2n) is 6.40. The molecule has 0 aliphatic rings. The molecule has 32 heavy (non-hydrogen) atoms. The van der Waals surface area contributed by atoms with Gasteiger partial charge in [0.2, 0.25) is 17.8 Å². The summed E-state index contributed by atoms with van der Waals surface area (Å²) in [4.78, 5) is 31.8. The number of aryl methyl sites for hydroxylation is 1. The summed E-state index contributed by atoms with van der Waals surface area (Å²) in [6.07, 6.45) is 1.89. The number of nitrogens with one attached hydrogen (secondary N) is 5. The SMILES string of the molecule is CCCOc1cc(/N=C(/NCCN/C(=N\C)NC#N)NC(=O)OC)c(NC(C)=O)cc1C. The highest BCUT2D eigenvalue weighted by atomic mass is 16.5. The molecule has 5 N–H and O–H groups in total. The van der Waals surface area contributed by atoms with E-state index >= 15 is 0 Å². The lowest BCUT2D eigenvalue weighted by Gasteiger charge is -2.16. The molecule has 0 atom stereocenters. The van der Waals surface area contributed by atoms with Crippen LogP contribution in [0.15, 0.2) is 22.1 Å². The van der Waals surface area contributed by atoms with Crippen LogP contribution in [0.25, 0.3) is 0 Å². The van der Waals surface area contributed by atoms with Gasteiger partial charge in [-0.1, -0.05) is 6.92 Å². The number of hydrogen-bond donors (Lipinski definition) is 5. The van der Waals surface area contributed by atoms with Crippen LogP contribution in [0.4, 0.5) is 16.2 Å². The van der Waals surface area contributed by atoms with Crippen LogP contribution in [0.3, 0.4) is 0 Å². The minimum absolute atomic E-state index is 0.0961. The van der Waals surface area contributed by atoms with Crippen molar-refractivity contribution in [2.75, 3.05) is 39.2 Å². The van der Waals surface area contributed by atoms with Gasteiger partial charge in [-0.05, 0) is 25.0 Å². The molecule has 0 saturated heterocycles. The summed E-state index contributed by atoms with van der Waals surface area (Å²) >= 11 is 0. The van der Waals surface area contributed by atoms with Gasteiger partial charge in [0.1, 0.15) is 5.75 Å². The Balaban J connectivity index is 3.16. The highest BCUT2D eigenvalue weighted by Gasteiger charge is 2.12. The number of ether oxygens (including phenoxy) is 2. The van der Waals surface area contributed by atoms with Crippen molar-refractivity contribution in [2.24, 2.45) is 9.98 Å². The molecule has 0 aliphatic heterocycles. The van der Waals surface area contributed by atoms with Gasteiger partial charge in [0.25, 0.3) is 0 Å². The lowest BCUT2D eigenvalue weighted by Crippen LogP contribution is -2.45. The fourth-order valence-electron chi connectivity index (χ4n) is 2.40. The predicted molar refractivity (Wildman–Crippen MR) is 122 cm³/mol. The number of methoxy groups -OCH3 is 1. The van der Waals surface area contributed by atoms with Crippen LogP contribution in [0.1, 0.15) is 25.8 Å². The number of nitriles is 1. The first kappa shape index (κ1) is 26.0. The van der Waals surface area contributed by atoms with Crippen LogP contribution in [0.5, 0.6) is 5.75 Å². The Labute approximate surface area is 187 Å². The second-order valence-corrected chi connectivity index (χ2v) is 6.40.